The number of hydrogen-bond acceptors (Lipinski definition) is 5. The van der Waals surface area contributed by atoms with Crippen LogP contribution >= 0.6 is 11.6 Å². The van der Waals surface area contributed by atoms with E-state index in [9.17, 15) is 14.7 Å². The zero-order valence-corrected chi connectivity index (χ0v) is 25.7. The summed E-state index contributed by atoms with van der Waals surface area (Å²) in [5.74, 6) is -0.713. The second kappa shape index (κ2) is 12.5. The number of nitrogens with zero attached hydrogens (tertiary/aromatic N) is 3. The van der Waals surface area contributed by atoms with E-state index in [0.717, 1.165) is 54.3 Å². The summed E-state index contributed by atoms with van der Waals surface area (Å²) in [5.41, 5.74) is 5.09. The van der Waals surface area contributed by atoms with Gasteiger partial charge in [0.15, 0.2) is 0 Å². The van der Waals surface area contributed by atoms with Crippen LogP contribution in [0.25, 0.3) is 33.5 Å². The van der Waals surface area contributed by atoms with Gasteiger partial charge in [-0.25, -0.2) is 19.0 Å². The third-order valence-electron chi connectivity index (χ3n) is 8.77. The lowest BCUT2D eigenvalue weighted by Crippen LogP contribution is -2.23. The second-order valence-corrected chi connectivity index (χ2v) is 12.1. The maximum atomic E-state index is 15.9. The van der Waals surface area contributed by atoms with Crippen LogP contribution in [0.5, 0.6) is 5.75 Å². The molecule has 5 aromatic rings. The summed E-state index contributed by atoms with van der Waals surface area (Å²) in [6.07, 6.45) is 4.81. The number of carbonyl (C=O) groups excluding carboxylic acids is 1. The highest BCUT2D eigenvalue weighted by Crippen LogP contribution is 2.38. The van der Waals surface area contributed by atoms with Crippen molar-refractivity contribution in [1.82, 2.24) is 9.55 Å². The Labute approximate surface area is 269 Å². The number of aromatic carboxylic acids is 1. The third kappa shape index (κ3) is 5.78. The Morgan fingerprint density at radius 3 is 2.48 bits per heavy atom. The summed E-state index contributed by atoms with van der Waals surface area (Å²) in [6, 6.07) is 22.9. The lowest BCUT2D eigenvalue weighted by atomic mass is 9.94. The fourth-order valence-corrected chi connectivity index (χ4v) is 6.59. The minimum Gasteiger partial charge on any atom is -0.489 e. The number of amides is 1. The molecule has 0 unspecified atom stereocenters. The molecule has 2 fully saturated rings. The van der Waals surface area contributed by atoms with Crippen LogP contribution < -0.4 is 9.64 Å². The van der Waals surface area contributed by atoms with Gasteiger partial charge < -0.3 is 19.1 Å². The molecule has 2 aliphatic rings. The van der Waals surface area contributed by atoms with Gasteiger partial charge in [-0.3, -0.25) is 4.90 Å². The number of fused-ring (bicyclic) bond motifs is 1. The van der Waals surface area contributed by atoms with Gasteiger partial charge >= 0.3 is 12.1 Å². The number of anilines is 1. The van der Waals surface area contributed by atoms with Crippen LogP contribution in [0, 0.1) is 5.82 Å². The molecule has 1 N–H and O–H groups in total. The molecule has 4 aromatic carbocycles. The second-order valence-electron chi connectivity index (χ2n) is 11.7. The summed E-state index contributed by atoms with van der Waals surface area (Å²) >= 11 is 6.13. The number of hydrogen-bond donors (Lipinski definition) is 1. The third-order valence-corrected chi connectivity index (χ3v) is 9.02. The first kappa shape index (κ1) is 29.8. The summed E-state index contributed by atoms with van der Waals surface area (Å²) in [4.78, 5) is 30.2. The summed E-state index contributed by atoms with van der Waals surface area (Å²) < 4.78 is 29.3. The lowest BCUT2D eigenvalue weighted by Gasteiger charge is -2.25. The van der Waals surface area contributed by atoms with Gasteiger partial charge in [0.1, 0.15) is 30.6 Å². The number of carboxylic acids is 1. The van der Waals surface area contributed by atoms with Crippen LogP contribution in [0.15, 0.2) is 78.9 Å². The number of aromatic nitrogens is 2. The summed E-state index contributed by atoms with van der Waals surface area (Å²) in [6.45, 7) is 0.895. The fourth-order valence-electron chi connectivity index (χ4n) is 6.47. The van der Waals surface area contributed by atoms with E-state index < -0.39 is 17.9 Å². The highest BCUT2D eigenvalue weighted by atomic mass is 35.5. The lowest BCUT2D eigenvalue weighted by molar-refractivity contribution is 0.0697. The minimum atomic E-state index is -1.03. The van der Waals surface area contributed by atoms with Crippen LogP contribution in [-0.2, 0) is 11.3 Å². The van der Waals surface area contributed by atoms with E-state index in [1.165, 1.54) is 6.07 Å². The molecule has 0 radical (unpaired) electrons. The maximum absolute atomic E-state index is 15.9. The molecule has 1 aliphatic heterocycles. The largest absolute Gasteiger partial charge is 0.489 e. The highest BCUT2D eigenvalue weighted by molar-refractivity contribution is 6.30. The average Bonchev–Trinajstić information content (AvgIpc) is 3.67. The Bertz CT molecular complexity index is 1950. The van der Waals surface area contributed by atoms with Crippen molar-refractivity contribution in [1.29, 1.82) is 0 Å². The molecule has 1 saturated carbocycles. The molecule has 46 heavy (non-hydrogen) atoms. The number of cyclic esters (lactones) is 1. The van der Waals surface area contributed by atoms with Crippen molar-refractivity contribution in [3.8, 4) is 28.3 Å². The first-order chi connectivity index (χ1) is 22.4. The molecule has 0 bridgehead atoms. The average molecular weight is 640 g/mol. The molecule has 7 rings (SSSR count). The van der Waals surface area contributed by atoms with Crippen LogP contribution in [-0.4, -0.2) is 39.9 Å². The molecule has 10 heteroatoms. The molecule has 1 aliphatic carbocycles. The Hall–Kier alpha value is -4.89. The van der Waals surface area contributed by atoms with Crippen molar-refractivity contribution in [2.24, 2.45) is 0 Å². The van der Waals surface area contributed by atoms with Crippen molar-refractivity contribution in [3.63, 3.8) is 0 Å². The molecule has 2 heterocycles. The van der Waals surface area contributed by atoms with E-state index in [0.29, 0.717) is 46.5 Å². The number of carboxylic acid groups (broad SMARTS) is 1. The summed E-state index contributed by atoms with van der Waals surface area (Å²) in [7, 11) is 0. The van der Waals surface area contributed by atoms with Gasteiger partial charge in [-0.1, -0.05) is 49.1 Å². The number of ether oxygens (including phenoxy) is 2. The summed E-state index contributed by atoms with van der Waals surface area (Å²) in [5, 5.41) is 10.2. The van der Waals surface area contributed by atoms with E-state index >= 15 is 4.39 Å². The van der Waals surface area contributed by atoms with E-state index in [1.54, 1.807) is 35.2 Å². The number of halogens is 2. The molecular weight excluding hydrogens is 609 g/mol. The monoisotopic (exact) mass is 639 g/mol. The first-order valence-electron chi connectivity index (χ1n) is 15.4. The Morgan fingerprint density at radius 1 is 0.978 bits per heavy atom. The van der Waals surface area contributed by atoms with Gasteiger partial charge in [-0.05, 0) is 84.1 Å². The van der Waals surface area contributed by atoms with E-state index in [2.05, 4.69) is 4.57 Å². The Kier molecular flexibility index (Phi) is 8.09. The van der Waals surface area contributed by atoms with Crippen molar-refractivity contribution < 1.29 is 28.6 Å². The smallest absolute Gasteiger partial charge is 0.414 e. The van der Waals surface area contributed by atoms with Crippen LogP contribution in [0.2, 0.25) is 5.02 Å². The van der Waals surface area contributed by atoms with Crippen LogP contribution in [0.4, 0.5) is 14.9 Å². The number of carbonyl (C=O) groups is 2. The molecule has 1 saturated heterocycles. The van der Waals surface area contributed by atoms with Gasteiger partial charge in [-0.15, -0.1) is 0 Å². The predicted molar refractivity (Wildman–Crippen MR) is 174 cm³/mol. The SMILES string of the molecule is O=C(O)c1ccc2c(c1)nc(-c1ccc(OCc3cc(N4CCOC4=O)ccc3-c3ccc(Cl)cc3)cc1F)n2C1CCCCC1. The topological polar surface area (TPSA) is 93.9 Å². The van der Waals surface area contributed by atoms with Crippen molar-refractivity contribution >= 4 is 40.4 Å². The van der Waals surface area contributed by atoms with Gasteiger partial charge in [-0.2, -0.15) is 0 Å². The standard InChI is InChI=1S/C36H31ClFN3O5/c37-25-9-6-22(7-10-25)29-13-11-27(40-16-17-45-36(40)44)18-24(29)21-46-28-12-14-30(31(38)20-28)34-39-32-19-23(35(42)43)8-15-33(32)41(34)26-4-2-1-3-5-26/h6-15,18-20,26H,1-5,16-17,21H2,(H,42,43). The predicted octanol–water partition coefficient (Wildman–Crippen LogP) is 8.90. The number of imidazole rings is 1. The molecule has 234 valence electrons. The molecule has 1 amide bonds. The fraction of sp³-hybridized carbons (Fsp3) is 0.250. The molecule has 0 spiro atoms. The Balaban J connectivity index is 1.21. The molecule has 0 atom stereocenters. The number of benzene rings is 4. The van der Waals surface area contributed by atoms with Crippen LogP contribution in [0.3, 0.4) is 0 Å². The highest BCUT2D eigenvalue weighted by Gasteiger charge is 2.26. The van der Waals surface area contributed by atoms with E-state index in [-0.39, 0.29) is 18.2 Å². The number of rotatable bonds is 8. The quantitative estimate of drug-likeness (QED) is 0.182. The van der Waals surface area contributed by atoms with Crippen molar-refractivity contribution in [2.75, 3.05) is 18.1 Å². The van der Waals surface area contributed by atoms with Gasteiger partial charge in [0.25, 0.3) is 0 Å². The van der Waals surface area contributed by atoms with Crippen molar-refractivity contribution in [2.45, 2.75) is 44.8 Å². The molecule has 8 nitrogen and oxygen atoms in total. The van der Waals surface area contributed by atoms with Gasteiger partial charge in [0.2, 0.25) is 0 Å². The van der Waals surface area contributed by atoms with Gasteiger partial charge in [0, 0.05) is 22.8 Å². The van der Waals surface area contributed by atoms with Crippen LogP contribution in [0.1, 0.15) is 54.1 Å². The van der Waals surface area contributed by atoms with E-state index in [1.807, 2.05) is 42.5 Å². The minimum absolute atomic E-state index is 0.117. The first-order valence-corrected chi connectivity index (χ1v) is 15.7. The zero-order chi connectivity index (χ0) is 31.8. The van der Waals surface area contributed by atoms with E-state index in [4.69, 9.17) is 26.1 Å². The zero-order valence-electron chi connectivity index (χ0n) is 24.9. The van der Waals surface area contributed by atoms with Gasteiger partial charge in [0.05, 0.1) is 28.7 Å². The Morgan fingerprint density at radius 2 is 1.76 bits per heavy atom. The molecular formula is C36H31ClFN3O5. The maximum Gasteiger partial charge on any atom is 0.414 e. The normalized spacial score (nSPS) is 15.3. The molecule has 1 aromatic heterocycles. The van der Waals surface area contributed by atoms with Crippen molar-refractivity contribution in [3.05, 3.63) is 101 Å².